The number of carbonyl (C=O) groups is 2. The van der Waals surface area contributed by atoms with Crippen LogP contribution < -0.4 is 5.32 Å². The Kier molecular flexibility index (Phi) is 6.36. The molecule has 0 saturated carbocycles. The van der Waals surface area contributed by atoms with E-state index in [1.54, 1.807) is 0 Å². The summed E-state index contributed by atoms with van der Waals surface area (Å²) in [6.07, 6.45) is -0.427. The summed E-state index contributed by atoms with van der Waals surface area (Å²) in [4.78, 5) is 23.1. The van der Waals surface area contributed by atoms with Crippen LogP contribution in [0.4, 0.5) is 13.6 Å². The summed E-state index contributed by atoms with van der Waals surface area (Å²) in [5.41, 5.74) is 3.22. The first-order valence-corrected chi connectivity index (χ1v) is 10.3. The fourth-order valence-corrected chi connectivity index (χ4v) is 3.88. The van der Waals surface area contributed by atoms with E-state index in [0.29, 0.717) is 0 Å². The molecule has 1 aliphatic carbocycles. The van der Waals surface area contributed by atoms with Crippen LogP contribution in [-0.4, -0.2) is 30.3 Å². The van der Waals surface area contributed by atoms with Gasteiger partial charge in [-0.15, -0.1) is 0 Å². The highest BCUT2D eigenvalue weighted by molar-refractivity contribution is 5.88. The molecule has 0 bridgehead atoms. The van der Waals surface area contributed by atoms with Gasteiger partial charge in [-0.25, -0.2) is 18.4 Å². The number of halogens is 2. The topological polar surface area (TPSA) is 75.6 Å². The number of ether oxygens (including phenoxy) is 1. The van der Waals surface area contributed by atoms with Crippen LogP contribution in [0.3, 0.4) is 0 Å². The van der Waals surface area contributed by atoms with Gasteiger partial charge in [-0.1, -0.05) is 60.4 Å². The maximum Gasteiger partial charge on any atom is 0.407 e. The van der Waals surface area contributed by atoms with E-state index in [1.165, 1.54) is 0 Å². The number of nitrogens with one attached hydrogen (secondary N) is 1. The second-order valence-corrected chi connectivity index (χ2v) is 7.39. The number of carboxylic acid groups (broad SMARTS) is 1. The Morgan fingerprint density at radius 3 is 2.24 bits per heavy atom. The van der Waals surface area contributed by atoms with Crippen LogP contribution in [0.1, 0.15) is 39.4 Å². The molecular formula is C26H19F2NO4. The Labute approximate surface area is 189 Å². The fraction of sp³-hybridized carbons (Fsp3) is 0.154. The van der Waals surface area contributed by atoms with Crippen LogP contribution >= 0.6 is 0 Å². The van der Waals surface area contributed by atoms with E-state index in [4.69, 9.17) is 9.84 Å². The molecule has 0 spiro atoms. The van der Waals surface area contributed by atoms with Crippen LogP contribution in [0.2, 0.25) is 0 Å². The Morgan fingerprint density at radius 2 is 1.61 bits per heavy atom. The Morgan fingerprint density at radius 1 is 0.970 bits per heavy atom. The maximum atomic E-state index is 14.1. The smallest absolute Gasteiger partial charge is 0.407 e. The summed E-state index contributed by atoms with van der Waals surface area (Å²) in [5, 5.41) is 11.5. The van der Waals surface area contributed by atoms with Gasteiger partial charge in [0.05, 0.1) is 5.56 Å². The molecule has 0 atom stereocenters. The lowest BCUT2D eigenvalue weighted by Crippen LogP contribution is -2.26. The third kappa shape index (κ3) is 4.55. The number of fused-ring (bicyclic) bond motifs is 3. The van der Waals surface area contributed by atoms with Crippen molar-refractivity contribution in [1.29, 1.82) is 0 Å². The Hall–Kier alpha value is -4.18. The van der Waals surface area contributed by atoms with Crippen LogP contribution in [0.25, 0.3) is 11.1 Å². The van der Waals surface area contributed by atoms with Crippen molar-refractivity contribution in [1.82, 2.24) is 5.32 Å². The van der Waals surface area contributed by atoms with Gasteiger partial charge in [0.15, 0.2) is 5.82 Å². The molecular weight excluding hydrogens is 428 g/mol. The van der Waals surface area contributed by atoms with E-state index >= 15 is 0 Å². The molecule has 3 aromatic carbocycles. The number of alkyl carbamates (subject to hydrolysis) is 1. The number of hydrogen-bond donors (Lipinski definition) is 2. The van der Waals surface area contributed by atoms with Gasteiger partial charge in [0.2, 0.25) is 0 Å². The first-order chi connectivity index (χ1) is 16.0. The third-order valence-corrected chi connectivity index (χ3v) is 5.39. The molecule has 7 heteroatoms. The molecule has 1 amide bonds. The third-order valence-electron chi connectivity index (χ3n) is 5.39. The zero-order valence-electron chi connectivity index (χ0n) is 17.4. The van der Waals surface area contributed by atoms with Crippen molar-refractivity contribution in [3.63, 3.8) is 0 Å². The summed E-state index contributed by atoms with van der Waals surface area (Å²) < 4.78 is 32.9. The molecule has 0 aliphatic heterocycles. The normalized spacial score (nSPS) is 11.7. The van der Waals surface area contributed by atoms with Crippen LogP contribution in [0.15, 0.2) is 60.7 Å². The summed E-state index contributed by atoms with van der Waals surface area (Å²) in [5.74, 6) is 0.953. The zero-order valence-corrected chi connectivity index (χ0v) is 17.4. The molecule has 0 saturated heterocycles. The number of hydrogen-bond acceptors (Lipinski definition) is 3. The summed E-state index contributed by atoms with van der Waals surface area (Å²) in [6, 6.07) is 18.0. The van der Waals surface area contributed by atoms with Crippen molar-refractivity contribution in [2.24, 2.45) is 0 Å². The average Bonchev–Trinajstić information content (AvgIpc) is 3.12. The molecule has 166 valence electrons. The molecule has 0 aromatic heterocycles. The summed E-state index contributed by atoms with van der Waals surface area (Å²) in [7, 11) is 0. The molecule has 1 aliphatic rings. The van der Waals surface area contributed by atoms with E-state index in [9.17, 15) is 18.4 Å². The van der Waals surface area contributed by atoms with Gasteiger partial charge in [-0.2, -0.15) is 0 Å². The molecule has 0 fully saturated rings. The molecule has 3 aromatic rings. The van der Waals surface area contributed by atoms with E-state index in [0.717, 1.165) is 34.4 Å². The zero-order chi connectivity index (χ0) is 23.4. The Bertz CT molecular complexity index is 1250. The summed E-state index contributed by atoms with van der Waals surface area (Å²) in [6.45, 7) is 0.336. The minimum Gasteiger partial charge on any atom is -0.477 e. The Balaban J connectivity index is 1.31. The van der Waals surface area contributed by atoms with Gasteiger partial charge in [0.25, 0.3) is 0 Å². The standard InChI is InChI=1S/C26H19F2NO4/c27-22-13-12-16(24(28)23(22)25(30)31)7-5-6-14-29-26(32)33-15-21-19-10-3-1-8-17(19)18-9-2-4-11-20(18)21/h1-4,8-13,21H,6,14-15H2,(H,29,32)(H,30,31). The lowest BCUT2D eigenvalue weighted by atomic mass is 9.98. The van der Waals surface area contributed by atoms with Gasteiger partial charge < -0.3 is 15.2 Å². The molecule has 5 nitrogen and oxygen atoms in total. The predicted octanol–water partition coefficient (Wildman–Crippen LogP) is 4.94. The maximum absolute atomic E-state index is 14.1. The lowest BCUT2D eigenvalue weighted by Gasteiger charge is -2.14. The lowest BCUT2D eigenvalue weighted by molar-refractivity contribution is 0.0686. The molecule has 2 N–H and O–H groups in total. The SMILES string of the molecule is O=C(NCCC#Cc1ccc(F)c(C(=O)O)c1F)OCC1c2ccccc2-c2ccccc21. The number of carbonyl (C=O) groups excluding carboxylic acids is 1. The number of amides is 1. The van der Waals surface area contributed by atoms with Crippen molar-refractivity contribution in [3.8, 4) is 23.0 Å². The van der Waals surface area contributed by atoms with E-state index in [1.807, 2.05) is 36.4 Å². The van der Waals surface area contributed by atoms with Gasteiger partial charge in [0.1, 0.15) is 18.0 Å². The number of benzene rings is 3. The first kappa shape index (κ1) is 22.0. The van der Waals surface area contributed by atoms with Gasteiger partial charge in [0, 0.05) is 18.9 Å². The van der Waals surface area contributed by atoms with E-state index in [-0.39, 0.29) is 31.1 Å². The minimum atomic E-state index is -1.70. The quantitative estimate of drug-likeness (QED) is 0.429. The van der Waals surface area contributed by atoms with Crippen molar-refractivity contribution >= 4 is 12.1 Å². The second-order valence-electron chi connectivity index (χ2n) is 7.39. The van der Waals surface area contributed by atoms with Gasteiger partial charge >= 0.3 is 12.1 Å². The van der Waals surface area contributed by atoms with Crippen molar-refractivity contribution in [2.75, 3.05) is 13.2 Å². The van der Waals surface area contributed by atoms with Gasteiger partial charge in [-0.05, 0) is 34.4 Å². The van der Waals surface area contributed by atoms with E-state index in [2.05, 4.69) is 29.3 Å². The van der Waals surface area contributed by atoms with Crippen LogP contribution in [0.5, 0.6) is 0 Å². The number of carboxylic acids is 1. The van der Waals surface area contributed by atoms with E-state index < -0.39 is 29.3 Å². The number of rotatable bonds is 5. The highest BCUT2D eigenvalue weighted by Crippen LogP contribution is 2.44. The monoisotopic (exact) mass is 447 g/mol. The summed E-state index contributed by atoms with van der Waals surface area (Å²) >= 11 is 0. The molecule has 0 unspecified atom stereocenters. The molecule has 4 rings (SSSR count). The predicted molar refractivity (Wildman–Crippen MR) is 118 cm³/mol. The highest BCUT2D eigenvalue weighted by atomic mass is 19.1. The highest BCUT2D eigenvalue weighted by Gasteiger charge is 2.28. The van der Waals surface area contributed by atoms with Crippen molar-refractivity contribution in [3.05, 3.63) is 94.6 Å². The van der Waals surface area contributed by atoms with Crippen LogP contribution in [-0.2, 0) is 4.74 Å². The molecule has 0 radical (unpaired) electrons. The second kappa shape index (κ2) is 9.53. The average molecular weight is 447 g/mol. The van der Waals surface area contributed by atoms with Gasteiger partial charge in [-0.3, -0.25) is 0 Å². The molecule has 33 heavy (non-hydrogen) atoms. The first-order valence-electron chi connectivity index (χ1n) is 10.3. The molecule has 0 heterocycles. The fourth-order valence-electron chi connectivity index (χ4n) is 3.88. The number of aromatic carboxylic acids is 1. The van der Waals surface area contributed by atoms with Crippen LogP contribution in [0, 0.1) is 23.5 Å². The van der Waals surface area contributed by atoms with Crippen molar-refractivity contribution in [2.45, 2.75) is 12.3 Å². The minimum absolute atomic E-state index is 0.0483. The van der Waals surface area contributed by atoms with Crippen molar-refractivity contribution < 1.29 is 28.2 Å². The largest absolute Gasteiger partial charge is 0.477 e.